The molecule has 11 heavy (non-hydrogen) atoms. The molecule has 0 aliphatic heterocycles. The summed E-state index contributed by atoms with van der Waals surface area (Å²) < 4.78 is 0. The normalized spacial score (nSPS) is 46.5. The Kier molecular flexibility index (Phi) is 1.59. The van der Waals surface area contributed by atoms with Crippen LogP contribution in [0, 0.1) is 23.2 Å². The van der Waals surface area contributed by atoms with Crippen LogP contribution < -0.4 is 0 Å². The van der Waals surface area contributed by atoms with Crippen molar-refractivity contribution in [3.63, 3.8) is 0 Å². The molecule has 3 aliphatic carbocycles. The lowest BCUT2D eigenvalue weighted by atomic mass is 9.44. The Hall–Kier alpha value is 0.0649. The summed E-state index contributed by atoms with van der Waals surface area (Å²) in [6, 6.07) is 0. The predicted molar refractivity (Wildman–Crippen MR) is 48.7 cm³/mol. The highest BCUT2D eigenvalue weighted by Gasteiger charge is 2.53. The van der Waals surface area contributed by atoms with Crippen molar-refractivity contribution in [2.45, 2.75) is 39.4 Å². The second-order valence-corrected chi connectivity index (χ2v) is 4.93. The maximum absolute atomic E-state index is 5.74. The van der Waals surface area contributed by atoms with E-state index in [2.05, 4.69) is 13.8 Å². The first-order valence-electron chi connectivity index (χ1n) is 4.86. The summed E-state index contributed by atoms with van der Waals surface area (Å²) in [7, 11) is 5.74. The van der Waals surface area contributed by atoms with Gasteiger partial charge in [0.15, 0.2) is 0 Å². The van der Waals surface area contributed by atoms with E-state index in [9.17, 15) is 0 Å². The summed E-state index contributed by atoms with van der Waals surface area (Å²) >= 11 is 0. The average Bonchev–Trinajstić information content (AvgIpc) is 2.04. The van der Waals surface area contributed by atoms with Crippen LogP contribution in [0.3, 0.4) is 0 Å². The van der Waals surface area contributed by atoms with Gasteiger partial charge in [-0.2, -0.15) is 0 Å². The Labute approximate surface area is 71.2 Å². The van der Waals surface area contributed by atoms with Crippen molar-refractivity contribution < 1.29 is 0 Å². The molecule has 3 unspecified atom stereocenters. The number of hydrogen-bond acceptors (Lipinski definition) is 0. The van der Waals surface area contributed by atoms with Gasteiger partial charge in [0.05, 0.1) is 7.85 Å². The molecule has 0 aromatic carbocycles. The zero-order valence-corrected chi connectivity index (χ0v) is 7.64. The van der Waals surface area contributed by atoms with Crippen LogP contribution in [-0.4, -0.2) is 7.85 Å². The molecular weight excluding hydrogens is 131 g/mol. The fraction of sp³-hybridized carbons (Fsp3) is 1.00. The molecule has 2 radical (unpaired) electrons. The molecule has 2 bridgehead atoms. The van der Waals surface area contributed by atoms with Crippen LogP contribution in [0.2, 0.25) is 6.32 Å². The molecule has 60 valence electrons. The fourth-order valence-corrected chi connectivity index (χ4v) is 3.24. The lowest BCUT2D eigenvalue weighted by Crippen LogP contribution is -2.52. The van der Waals surface area contributed by atoms with Crippen LogP contribution in [0.25, 0.3) is 0 Å². The van der Waals surface area contributed by atoms with E-state index in [4.69, 9.17) is 7.85 Å². The standard InChI is InChI=1S/C10H17B/c1-10(2)8-4-3-7(6-11)9(10)5-8/h7-9H,3-6H2,1-2H3. The average molecular weight is 148 g/mol. The van der Waals surface area contributed by atoms with Crippen LogP contribution in [0.15, 0.2) is 0 Å². The van der Waals surface area contributed by atoms with Gasteiger partial charge in [-0.25, -0.2) is 0 Å². The second-order valence-electron chi connectivity index (χ2n) is 4.93. The largest absolute Gasteiger partial charge is 0.0856 e. The lowest BCUT2D eigenvalue weighted by molar-refractivity contribution is -0.0985. The molecule has 1 heteroatoms. The SMILES string of the molecule is [B]CC1CCC2CC1C2(C)C. The highest BCUT2D eigenvalue weighted by Crippen LogP contribution is 2.61. The van der Waals surface area contributed by atoms with Crippen molar-refractivity contribution >= 4 is 7.85 Å². The third-order valence-corrected chi connectivity index (χ3v) is 4.30. The Bertz CT molecular complexity index is 160. The fourth-order valence-electron chi connectivity index (χ4n) is 3.24. The maximum Gasteiger partial charge on any atom is 0.0656 e. The van der Waals surface area contributed by atoms with Crippen LogP contribution in [0.1, 0.15) is 33.1 Å². The van der Waals surface area contributed by atoms with Crippen molar-refractivity contribution in [1.29, 1.82) is 0 Å². The molecule has 0 amide bonds. The smallest absolute Gasteiger partial charge is 0.0656 e. The van der Waals surface area contributed by atoms with Gasteiger partial charge >= 0.3 is 0 Å². The van der Waals surface area contributed by atoms with Crippen molar-refractivity contribution in [2.75, 3.05) is 0 Å². The molecular formula is C10H17B. The maximum atomic E-state index is 5.74. The zero-order chi connectivity index (χ0) is 8.06. The minimum absolute atomic E-state index is 0.627. The summed E-state index contributed by atoms with van der Waals surface area (Å²) in [6.07, 6.45) is 5.22. The van der Waals surface area contributed by atoms with Gasteiger partial charge in [0.1, 0.15) is 0 Å². The summed E-state index contributed by atoms with van der Waals surface area (Å²) in [6.45, 7) is 4.85. The molecule has 0 spiro atoms. The molecule has 3 aliphatic rings. The third kappa shape index (κ3) is 0.894. The van der Waals surface area contributed by atoms with Gasteiger partial charge in [-0.1, -0.05) is 26.6 Å². The van der Waals surface area contributed by atoms with Gasteiger partial charge in [0, 0.05) is 0 Å². The van der Waals surface area contributed by atoms with E-state index in [0.717, 1.165) is 24.1 Å². The van der Waals surface area contributed by atoms with Crippen LogP contribution in [0.5, 0.6) is 0 Å². The van der Waals surface area contributed by atoms with E-state index in [-0.39, 0.29) is 0 Å². The molecule has 0 heterocycles. The van der Waals surface area contributed by atoms with E-state index in [0.29, 0.717) is 5.41 Å². The zero-order valence-electron chi connectivity index (χ0n) is 7.64. The summed E-state index contributed by atoms with van der Waals surface area (Å²) in [5, 5.41) is 0. The molecule has 3 saturated carbocycles. The molecule has 0 saturated heterocycles. The molecule has 0 N–H and O–H groups in total. The van der Waals surface area contributed by atoms with E-state index < -0.39 is 0 Å². The third-order valence-electron chi connectivity index (χ3n) is 4.30. The van der Waals surface area contributed by atoms with Crippen molar-refractivity contribution in [1.82, 2.24) is 0 Å². The number of fused-ring (bicyclic) bond motifs is 2. The summed E-state index contributed by atoms with van der Waals surface area (Å²) in [4.78, 5) is 0. The predicted octanol–water partition coefficient (Wildman–Crippen LogP) is 2.65. The summed E-state index contributed by atoms with van der Waals surface area (Å²) in [5.74, 6) is 2.82. The van der Waals surface area contributed by atoms with Gasteiger partial charge in [-0.15, -0.1) is 0 Å². The Morgan fingerprint density at radius 2 is 2.09 bits per heavy atom. The van der Waals surface area contributed by atoms with Gasteiger partial charge in [0.25, 0.3) is 0 Å². The molecule has 0 nitrogen and oxygen atoms in total. The summed E-state index contributed by atoms with van der Waals surface area (Å²) in [5.41, 5.74) is 0.627. The first-order chi connectivity index (χ1) is 5.16. The van der Waals surface area contributed by atoms with Gasteiger partial charge in [-0.3, -0.25) is 0 Å². The second kappa shape index (κ2) is 2.28. The van der Waals surface area contributed by atoms with Crippen LogP contribution in [0.4, 0.5) is 0 Å². The van der Waals surface area contributed by atoms with Crippen LogP contribution in [-0.2, 0) is 0 Å². The topological polar surface area (TPSA) is 0 Å². The Balaban J connectivity index is 2.10. The minimum Gasteiger partial charge on any atom is -0.0856 e. The molecule has 3 rings (SSSR count). The van der Waals surface area contributed by atoms with E-state index >= 15 is 0 Å². The van der Waals surface area contributed by atoms with E-state index in [1.807, 2.05) is 0 Å². The highest BCUT2D eigenvalue weighted by molar-refractivity contribution is 6.08. The molecule has 0 aromatic rings. The monoisotopic (exact) mass is 148 g/mol. The van der Waals surface area contributed by atoms with E-state index in [1.54, 1.807) is 0 Å². The van der Waals surface area contributed by atoms with Crippen LogP contribution >= 0.6 is 0 Å². The van der Waals surface area contributed by atoms with E-state index in [1.165, 1.54) is 19.3 Å². The lowest BCUT2D eigenvalue weighted by Gasteiger charge is -2.60. The first kappa shape index (κ1) is 7.70. The number of rotatable bonds is 1. The van der Waals surface area contributed by atoms with Gasteiger partial charge in [-0.05, 0) is 36.0 Å². The molecule has 0 aromatic heterocycles. The Morgan fingerprint density at radius 3 is 2.45 bits per heavy atom. The first-order valence-corrected chi connectivity index (χ1v) is 4.86. The van der Waals surface area contributed by atoms with Gasteiger partial charge in [0.2, 0.25) is 0 Å². The van der Waals surface area contributed by atoms with Crippen molar-refractivity contribution in [3.05, 3.63) is 0 Å². The Morgan fingerprint density at radius 1 is 1.36 bits per heavy atom. The van der Waals surface area contributed by atoms with Crippen molar-refractivity contribution in [2.24, 2.45) is 23.2 Å². The van der Waals surface area contributed by atoms with Gasteiger partial charge < -0.3 is 0 Å². The molecule has 3 atom stereocenters. The molecule has 3 fully saturated rings. The number of hydrogen-bond donors (Lipinski definition) is 0. The quantitative estimate of drug-likeness (QED) is 0.501. The van der Waals surface area contributed by atoms with Crippen molar-refractivity contribution in [3.8, 4) is 0 Å². The highest BCUT2D eigenvalue weighted by atomic mass is 14.6. The minimum atomic E-state index is 0.627.